The molecule has 0 bridgehead atoms. The fourth-order valence-corrected chi connectivity index (χ4v) is 1.83. The smallest absolute Gasteiger partial charge is 0.260 e. The number of rotatable bonds is 2. The highest BCUT2D eigenvalue weighted by Gasteiger charge is 2.03. The van der Waals surface area contributed by atoms with Crippen LogP contribution in [-0.4, -0.2) is 15.1 Å². The number of anilines is 2. The van der Waals surface area contributed by atoms with Crippen LogP contribution < -0.4 is 10.9 Å². The molecule has 0 atom stereocenters. The second-order valence-corrected chi connectivity index (χ2v) is 4.10. The van der Waals surface area contributed by atoms with Crippen molar-refractivity contribution in [1.82, 2.24) is 9.97 Å². The number of para-hydroxylation sites is 1. The van der Waals surface area contributed by atoms with Crippen molar-refractivity contribution in [1.29, 1.82) is 0 Å². The van der Waals surface area contributed by atoms with Gasteiger partial charge in [0.05, 0.1) is 10.9 Å². The van der Waals surface area contributed by atoms with Gasteiger partial charge < -0.3 is 10.4 Å². The molecule has 0 aliphatic heterocycles. The molecule has 19 heavy (non-hydrogen) atoms. The summed E-state index contributed by atoms with van der Waals surface area (Å²) in [6.45, 7) is 0. The second-order valence-electron chi connectivity index (χ2n) is 4.10. The van der Waals surface area contributed by atoms with E-state index in [0.29, 0.717) is 16.9 Å². The Morgan fingerprint density at radius 2 is 1.79 bits per heavy atom. The number of aromatic amines is 1. The van der Waals surface area contributed by atoms with Crippen LogP contribution in [0.2, 0.25) is 0 Å². The van der Waals surface area contributed by atoms with E-state index in [1.807, 2.05) is 6.07 Å². The van der Waals surface area contributed by atoms with E-state index in [0.717, 1.165) is 5.69 Å². The van der Waals surface area contributed by atoms with E-state index in [2.05, 4.69) is 15.3 Å². The molecule has 0 radical (unpaired) electrons. The summed E-state index contributed by atoms with van der Waals surface area (Å²) in [6.07, 6.45) is 0. The quantitative estimate of drug-likeness (QED) is 0.613. The fraction of sp³-hybridized carbons (Fsp3) is 0. The molecular formula is C14H11N3O2. The summed E-state index contributed by atoms with van der Waals surface area (Å²) in [5, 5.41) is 12.7. The monoisotopic (exact) mass is 253 g/mol. The van der Waals surface area contributed by atoms with Crippen molar-refractivity contribution in [3.63, 3.8) is 0 Å². The molecule has 3 N–H and O–H groups in total. The van der Waals surface area contributed by atoms with Gasteiger partial charge in [0.2, 0.25) is 5.95 Å². The average Bonchev–Trinajstić information content (AvgIpc) is 2.42. The molecule has 5 nitrogen and oxygen atoms in total. The normalized spacial score (nSPS) is 10.5. The lowest BCUT2D eigenvalue weighted by Gasteiger charge is -2.06. The van der Waals surface area contributed by atoms with Crippen LogP contribution >= 0.6 is 0 Å². The maximum absolute atomic E-state index is 11.9. The number of aromatic nitrogens is 2. The van der Waals surface area contributed by atoms with Crippen LogP contribution in [0.1, 0.15) is 0 Å². The zero-order valence-electron chi connectivity index (χ0n) is 9.92. The standard InChI is InChI=1S/C14H11N3O2/c18-10-7-5-9(6-8-10)15-14-16-12-4-2-1-3-11(12)13(19)17-14/h1-8,18H,(H2,15,16,17,19). The van der Waals surface area contributed by atoms with Gasteiger partial charge in [-0.15, -0.1) is 0 Å². The third-order valence-electron chi connectivity index (χ3n) is 2.74. The van der Waals surface area contributed by atoms with E-state index in [9.17, 15) is 9.90 Å². The van der Waals surface area contributed by atoms with E-state index in [1.165, 1.54) is 0 Å². The Balaban J connectivity index is 2.01. The van der Waals surface area contributed by atoms with Crippen LogP contribution in [0.15, 0.2) is 53.3 Å². The number of benzene rings is 2. The summed E-state index contributed by atoms with van der Waals surface area (Å²) in [5.74, 6) is 0.555. The van der Waals surface area contributed by atoms with Gasteiger partial charge in [-0.2, -0.15) is 0 Å². The minimum Gasteiger partial charge on any atom is -0.508 e. The van der Waals surface area contributed by atoms with E-state index < -0.39 is 0 Å². The van der Waals surface area contributed by atoms with Crippen LogP contribution in [0.5, 0.6) is 5.75 Å². The van der Waals surface area contributed by atoms with E-state index in [4.69, 9.17) is 0 Å². The lowest BCUT2D eigenvalue weighted by molar-refractivity contribution is 0.475. The predicted molar refractivity (Wildman–Crippen MR) is 73.8 cm³/mol. The van der Waals surface area contributed by atoms with Crippen LogP contribution in [0.4, 0.5) is 11.6 Å². The van der Waals surface area contributed by atoms with E-state index in [-0.39, 0.29) is 11.3 Å². The van der Waals surface area contributed by atoms with Gasteiger partial charge in [-0.3, -0.25) is 9.78 Å². The van der Waals surface area contributed by atoms with Crippen molar-refractivity contribution in [2.24, 2.45) is 0 Å². The van der Waals surface area contributed by atoms with Crippen LogP contribution in [-0.2, 0) is 0 Å². The summed E-state index contributed by atoms with van der Waals surface area (Å²) in [6, 6.07) is 13.7. The first-order valence-electron chi connectivity index (χ1n) is 5.77. The lowest BCUT2D eigenvalue weighted by atomic mass is 10.2. The molecule has 0 saturated carbocycles. The molecule has 3 aromatic rings. The molecular weight excluding hydrogens is 242 g/mol. The van der Waals surface area contributed by atoms with Gasteiger partial charge in [0.1, 0.15) is 5.75 Å². The number of nitrogens with one attached hydrogen (secondary N) is 2. The molecule has 0 aliphatic rings. The molecule has 5 heteroatoms. The third-order valence-corrected chi connectivity index (χ3v) is 2.74. The molecule has 2 aromatic carbocycles. The SMILES string of the molecule is O=c1[nH]c(Nc2ccc(O)cc2)nc2ccccc12. The highest BCUT2D eigenvalue weighted by atomic mass is 16.3. The minimum absolute atomic E-state index is 0.186. The Labute approximate surface area is 108 Å². The minimum atomic E-state index is -0.188. The molecule has 0 fully saturated rings. The first-order valence-corrected chi connectivity index (χ1v) is 5.77. The highest BCUT2D eigenvalue weighted by molar-refractivity contribution is 5.78. The van der Waals surface area contributed by atoms with Gasteiger partial charge >= 0.3 is 0 Å². The number of hydrogen-bond acceptors (Lipinski definition) is 4. The zero-order valence-corrected chi connectivity index (χ0v) is 9.92. The number of phenolic OH excluding ortho intramolecular Hbond substituents is 1. The maximum Gasteiger partial charge on any atom is 0.260 e. The van der Waals surface area contributed by atoms with Gasteiger partial charge in [-0.05, 0) is 36.4 Å². The highest BCUT2D eigenvalue weighted by Crippen LogP contribution is 2.17. The number of H-pyrrole nitrogens is 1. The second kappa shape index (κ2) is 4.45. The summed E-state index contributed by atoms with van der Waals surface area (Å²) in [5.41, 5.74) is 1.18. The molecule has 0 unspecified atom stereocenters. The van der Waals surface area contributed by atoms with Crippen molar-refractivity contribution in [2.45, 2.75) is 0 Å². The van der Waals surface area contributed by atoms with Gasteiger partial charge in [0, 0.05) is 5.69 Å². The number of aromatic hydroxyl groups is 1. The van der Waals surface area contributed by atoms with E-state index >= 15 is 0 Å². The Kier molecular flexibility index (Phi) is 2.64. The topological polar surface area (TPSA) is 78.0 Å². The van der Waals surface area contributed by atoms with E-state index in [1.54, 1.807) is 42.5 Å². The summed E-state index contributed by atoms with van der Waals surface area (Å²) in [4.78, 5) is 18.9. The van der Waals surface area contributed by atoms with Crippen molar-refractivity contribution in [3.8, 4) is 5.75 Å². The predicted octanol–water partition coefficient (Wildman–Crippen LogP) is 2.37. The number of fused-ring (bicyclic) bond motifs is 1. The van der Waals surface area contributed by atoms with Crippen molar-refractivity contribution < 1.29 is 5.11 Å². The number of hydrogen-bond donors (Lipinski definition) is 3. The average molecular weight is 253 g/mol. The number of nitrogens with zero attached hydrogens (tertiary/aromatic N) is 1. The molecule has 0 aliphatic carbocycles. The molecule has 3 rings (SSSR count). The summed E-state index contributed by atoms with van der Waals surface area (Å²) >= 11 is 0. The fourth-order valence-electron chi connectivity index (χ4n) is 1.83. The zero-order chi connectivity index (χ0) is 13.2. The Hall–Kier alpha value is -2.82. The van der Waals surface area contributed by atoms with Gasteiger partial charge in [0.25, 0.3) is 5.56 Å². The lowest BCUT2D eigenvalue weighted by Crippen LogP contribution is -2.10. The third kappa shape index (κ3) is 2.26. The maximum atomic E-state index is 11.9. The van der Waals surface area contributed by atoms with Crippen molar-refractivity contribution >= 4 is 22.5 Å². The van der Waals surface area contributed by atoms with Crippen molar-refractivity contribution in [2.75, 3.05) is 5.32 Å². The summed E-state index contributed by atoms with van der Waals surface area (Å²) in [7, 11) is 0. The molecule has 0 amide bonds. The van der Waals surface area contributed by atoms with Crippen LogP contribution in [0.25, 0.3) is 10.9 Å². The Morgan fingerprint density at radius 1 is 1.05 bits per heavy atom. The first kappa shape index (κ1) is 11.3. The number of phenols is 1. The van der Waals surface area contributed by atoms with Gasteiger partial charge in [-0.25, -0.2) is 4.98 Å². The molecule has 0 saturated heterocycles. The summed E-state index contributed by atoms with van der Waals surface area (Å²) < 4.78 is 0. The molecule has 0 spiro atoms. The van der Waals surface area contributed by atoms with Gasteiger partial charge in [0.15, 0.2) is 0 Å². The molecule has 1 heterocycles. The first-order chi connectivity index (χ1) is 9.22. The van der Waals surface area contributed by atoms with Gasteiger partial charge in [-0.1, -0.05) is 12.1 Å². The molecule has 94 valence electrons. The molecule has 1 aromatic heterocycles. The van der Waals surface area contributed by atoms with Crippen LogP contribution in [0, 0.1) is 0 Å². The Morgan fingerprint density at radius 3 is 2.58 bits per heavy atom. The Bertz CT molecular complexity index is 779. The largest absolute Gasteiger partial charge is 0.508 e. The van der Waals surface area contributed by atoms with Crippen molar-refractivity contribution in [3.05, 3.63) is 58.9 Å². The van der Waals surface area contributed by atoms with Crippen LogP contribution in [0.3, 0.4) is 0 Å².